The van der Waals surface area contributed by atoms with Crippen molar-refractivity contribution in [2.24, 2.45) is 5.92 Å². The van der Waals surface area contributed by atoms with E-state index in [0.29, 0.717) is 37.9 Å². The molecule has 0 unspecified atom stereocenters. The van der Waals surface area contributed by atoms with Gasteiger partial charge in [-0.25, -0.2) is 9.78 Å². The molecule has 3 aromatic carbocycles. The number of amides is 3. The predicted octanol–water partition coefficient (Wildman–Crippen LogP) is 6.21. The van der Waals surface area contributed by atoms with Gasteiger partial charge in [0.25, 0.3) is 5.91 Å². The Hall–Kier alpha value is -4.89. The standard InChI is InChI=1S/C39H44N6O3/c1-48-21-7-17-41-38(46)37-22-33(36-13-6-11-31-9-4-5-12-35(31)36)26-44(37)27-34-23-40-28-45(34)24-29-14-18-42(19-15-29)39(47)43-20-16-30-8-2-3-10-32(30)25-43/h2-6,8-13,22-23,26,28-29H,7,14-21,24-25,27H2,1H3,(H,41,46). The molecule has 1 fully saturated rings. The van der Waals surface area contributed by atoms with Crippen LogP contribution in [0.5, 0.6) is 0 Å². The molecule has 0 saturated carbocycles. The first-order valence-corrected chi connectivity index (χ1v) is 17.1. The maximum Gasteiger partial charge on any atom is 0.320 e. The van der Waals surface area contributed by atoms with Crippen molar-refractivity contribution in [1.29, 1.82) is 0 Å². The first-order valence-electron chi connectivity index (χ1n) is 17.1. The minimum Gasteiger partial charge on any atom is -0.385 e. The van der Waals surface area contributed by atoms with Crippen LogP contribution in [0.15, 0.2) is 91.5 Å². The largest absolute Gasteiger partial charge is 0.385 e. The van der Waals surface area contributed by atoms with Crippen LogP contribution in [0.4, 0.5) is 4.79 Å². The Bertz CT molecular complexity index is 1880. The van der Waals surface area contributed by atoms with Gasteiger partial charge in [-0.05, 0) is 65.1 Å². The van der Waals surface area contributed by atoms with Crippen LogP contribution >= 0.6 is 0 Å². The van der Waals surface area contributed by atoms with Crippen molar-refractivity contribution in [3.05, 3.63) is 114 Å². The molecule has 248 valence electrons. The highest BCUT2D eigenvalue weighted by molar-refractivity contribution is 5.99. The molecule has 3 amide bonds. The zero-order valence-electron chi connectivity index (χ0n) is 27.7. The van der Waals surface area contributed by atoms with E-state index >= 15 is 0 Å². The molecule has 2 aliphatic heterocycles. The van der Waals surface area contributed by atoms with Gasteiger partial charge in [0, 0.05) is 70.9 Å². The molecule has 2 aliphatic rings. The highest BCUT2D eigenvalue weighted by atomic mass is 16.5. The number of imidazole rings is 1. The molecule has 0 bridgehead atoms. The molecule has 5 aromatic rings. The summed E-state index contributed by atoms with van der Waals surface area (Å²) in [6, 6.07) is 25.3. The van der Waals surface area contributed by atoms with Gasteiger partial charge in [-0.1, -0.05) is 66.7 Å². The van der Waals surface area contributed by atoms with Crippen molar-refractivity contribution in [3.8, 4) is 11.1 Å². The van der Waals surface area contributed by atoms with Crippen molar-refractivity contribution >= 4 is 22.7 Å². The SMILES string of the molecule is COCCCNC(=O)c1cc(-c2cccc3ccccc23)cn1Cc1cncn1CC1CCN(C(=O)N2CCc3ccccc3C2)CC1. The van der Waals surface area contributed by atoms with Gasteiger partial charge in [-0.15, -0.1) is 0 Å². The third kappa shape index (κ3) is 6.87. The number of benzene rings is 3. The van der Waals surface area contributed by atoms with E-state index < -0.39 is 0 Å². The van der Waals surface area contributed by atoms with Gasteiger partial charge in [-0.2, -0.15) is 0 Å². The van der Waals surface area contributed by atoms with E-state index in [1.165, 1.54) is 16.5 Å². The summed E-state index contributed by atoms with van der Waals surface area (Å²) in [5.74, 6) is 0.349. The number of methoxy groups -OCH3 is 1. The van der Waals surface area contributed by atoms with Crippen LogP contribution in [0.3, 0.4) is 0 Å². The normalized spacial score (nSPS) is 15.1. The van der Waals surface area contributed by atoms with Gasteiger partial charge in [0.05, 0.1) is 18.6 Å². The molecule has 2 aromatic heterocycles. The number of urea groups is 1. The van der Waals surface area contributed by atoms with Crippen LogP contribution in [0, 0.1) is 5.92 Å². The number of piperidine rings is 1. The molecule has 9 nitrogen and oxygen atoms in total. The summed E-state index contributed by atoms with van der Waals surface area (Å²) in [7, 11) is 1.67. The van der Waals surface area contributed by atoms with Crippen LogP contribution in [-0.4, -0.2) is 75.8 Å². The number of ether oxygens (including phenoxy) is 1. The average Bonchev–Trinajstić information content (AvgIpc) is 3.76. The summed E-state index contributed by atoms with van der Waals surface area (Å²) in [6.45, 7) is 5.53. The molecular weight excluding hydrogens is 600 g/mol. The highest BCUT2D eigenvalue weighted by Gasteiger charge is 2.29. The maximum atomic E-state index is 13.5. The number of hydrogen-bond acceptors (Lipinski definition) is 4. The molecule has 7 rings (SSSR count). The second-order valence-electron chi connectivity index (χ2n) is 13.1. The minimum atomic E-state index is -0.0992. The lowest BCUT2D eigenvalue weighted by Crippen LogP contribution is -2.48. The van der Waals surface area contributed by atoms with Crippen molar-refractivity contribution in [2.45, 2.75) is 45.3 Å². The summed E-state index contributed by atoms with van der Waals surface area (Å²) in [5.41, 5.74) is 6.40. The molecule has 0 aliphatic carbocycles. The molecular formula is C39H44N6O3. The van der Waals surface area contributed by atoms with Crippen LogP contribution in [0.2, 0.25) is 0 Å². The van der Waals surface area contributed by atoms with Gasteiger partial charge >= 0.3 is 6.03 Å². The lowest BCUT2D eigenvalue weighted by molar-refractivity contribution is 0.0939. The fourth-order valence-corrected chi connectivity index (χ4v) is 7.23. The number of aromatic nitrogens is 3. The first kappa shape index (κ1) is 31.7. The molecule has 0 atom stereocenters. The van der Waals surface area contributed by atoms with Crippen LogP contribution < -0.4 is 5.32 Å². The van der Waals surface area contributed by atoms with E-state index in [1.807, 2.05) is 39.0 Å². The second-order valence-corrected chi connectivity index (χ2v) is 13.1. The minimum absolute atomic E-state index is 0.0992. The summed E-state index contributed by atoms with van der Waals surface area (Å²) in [4.78, 5) is 35.5. The van der Waals surface area contributed by atoms with Gasteiger partial charge in [0.15, 0.2) is 0 Å². The van der Waals surface area contributed by atoms with Gasteiger partial charge in [0.2, 0.25) is 0 Å². The number of fused-ring (bicyclic) bond motifs is 2. The van der Waals surface area contributed by atoms with Crippen LogP contribution in [0.1, 0.15) is 46.6 Å². The quantitative estimate of drug-likeness (QED) is 0.183. The summed E-state index contributed by atoms with van der Waals surface area (Å²) in [6.07, 6.45) is 9.48. The smallest absolute Gasteiger partial charge is 0.320 e. The zero-order valence-corrected chi connectivity index (χ0v) is 27.7. The molecule has 0 spiro atoms. The Morgan fingerprint density at radius 2 is 1.71 bits per heavy atom. The van der Waals surface area contributed by atoms with E-state index in [1.54, 1.807) is 7.11 Å². The fraction of sp³-hybridized carbons (Fsp3) is 0.359. The summed E-state index contributed by atoms with van der Waals surface area (Å²) < 4.78 is 9.44. The molecule has 0 radical (unpaired) electrons. The topological polar surface area (TPSA) is 84.6 Å². The van der Waals surface area contributed by atoms with E-state index in [2.05, 4.69) is 81.7 Å². The monoisotopic (exact) mass is 644 g/mol. The summed E-state index contributed by atoms with van der Waals surface area (Å²) >= 11 is 0. The third-order valence-electron chi connectivity index (χ3n) is 9.91. The number of rotatable bonds is 10. The van der Waals surface area contributed by atoms with Crippen molar-refractivity contribution in [1.82, 2.24) is 29.2 Å². The molecule has 48 heavy (non-hydrogen) atoms. The molecule has 4 heterocycles. The number of likely N-dealkylation sites (tertiary alicyclic amines) is 1. The van der Waals surface area contributed by atoms with Crippen molar-refractivity contribution in [3.63, 3.8) is 0 Å². The van der Waals surface area contributed by atoms with Gasteiger partial charge in [0.1, 0.15) is 5.69 Å². The van der Waals surface area contributed by atoms with E-state index in [4.69, 9.17) is 4.74 Å². The zero-order chi connectivity index (χ0) is 32.9. The fourth-order valence-electron chi connectivity index (χ4n) is 7.23. The van der Waals surface area contributed by atoms with Crippen LogP contribution in [-0.2, 0) is 30.8 Å². The number of nitrogens with one attached hydrogen (secondary N) is 1. The van der Waals surface area contributed by atoms with Crippen LogP contribution in [0.25, 0.3) is 21.9 Å². The van der Waals surface area contributed by atoms with Crippen molar-refractivity contribution in [2.75, 3.05) is 39.9 Å². The number of nitrogens with zero attached hydrogens (tertiary/aromatic N) is 5. The Morgan fingerprint density at radius 1 is 0.917 bits per heavy atom. The lowest BCUT2D eigenvalue weighted by Gasteiger charge is -2.37. The number of carbonyl (C=O) groups excluding carboxylic acids is 2. The Balaban J connectivity index is 1.04. The highest BCUT2D eigenvalue weighted by Crippen LogP contribution is 2.31. The Labute approximate surface area is 282 Å². The van der Waals surface area contributed by atoms with E-state index in [0.717, 1.165) is 74.1 Å². The van der Waals surface area contributed by atoms with E-state index in [9.17, 15) is 9.59 Å². The second kappa shape index (κ2) is 14.5. The number of hydrogen-bond donors (Lipinski definition) is 1. The first-order chi connectivity index (χ1) is 23.6. The summed E-state index contributed by atoms with van der Waals surface area (Å²) in [5, 5.41) is 5.40. The van der Waals surface area contributed by atoms with E-state index in [-0.39, 0.29) is 11.9 Å². The number of carbonyl (C=O) groups is 2. The van der Waals surface area contributed by atoms with Crippen molar-refractivity contribution < 1.29 is 14.3 Å². The molecule has 1 N–H and O–H groups in total. The average molecular weight is 645 g/mol. The maximum absolute atomic E-state index is 13.5. The lowest BCUT2D eigenvalue weighted by atomic mass is 9.96. The Morgan fingerprint density at radius 3 is 2.56 bits per heavy atom. The van der Waals surface area contributed by atoms with Gasteiger partial charge < -0.3 is 29.0 Å². The Kier molecular flexibility index (Phi) is 9.56. The van der Waals surface area contributed by atoms with Gasteiger partial charge in [-0.3, -0.25) is 4.79 Å². The molecule has 9 heteroatoms. The molecule has 1 saturated heterocycles. The third-order valence-corrected chi connectivity index (χ3v) is 9.91. The predicted molar refractivity (Wildman–Crippen MR) is 188 cm³/mol.